The topological polar surface area (TPSA) is 4.36 Å². The Morgan fingerprint density at radius 1 is 1.36 bits per heavy atom. The molecule has 0 aliphatic heterocycles. The van der Waals surface area contributed by atoms with Gasteiger partial charge in [0.2, 0.25) is 0 Å². The molecule has 0 bridgehead atoms. The fourth-order valence-electron chi connectivity index (χ4n) is 0.706. The van der Waals surface area contributed by atoms with Crippen LogP contribution < -0.4 is 0 Å². The molecule has 0 rings (SSSR count). The first-order chi connectivity index (χ1) is 4.88. The molecule has 0 spiro atoms. The number of rotatable bonds is 2. The predicted molar refractivity (Wildman–Crippen MR) is 35.9 cm³/mol. The summed E-state index contributed by atoms with van der Waals surface area (Å²) >= 11 is 0. The molecular formula is C7H10F3N. The second-order valence-corrected chi connectivity index (χ2v) is 2.82. The van der Waals surface area contributed by atoms with Gasteiger partial charge in [-0.2, -0.15) is 13.2 Å². The van der Waals surface area contributed by atoms with E-state index in [0.717, 1.165) is 0 Å². The van der Waals surface area contributed by atoms with Crippen LogP contribution in [-0.2, 0) is 0 Å². The van der Waals surface area contributed by atoms with Gasteiger partial charge in [0.15, 0.2) is 0 Å². The molecule has 0 heterocycles. The summed E-state index contributed by atoms with van der Waals surface area (Å²) in [5, 5.41) is 0. The molecule has 64 valence electrons. The van der Waals surface area contributed by atoms with E-state index >= 15 is 0 Å². The summed E-state index contributed by atoms with van der Waals surface area (Å²) < 4.78 is 35.6. The van der Waals surface area contributed by atoms with Gasteiger partial charge in [0.1, 0.15) is 0 Å². The zero-order chi connectivity index (χ0) is 9.07. The van der Waals surface area contributed by atoms with Crippen LogP contribution in [0.3, 0.4) is 0 Å². The summed E-state index contributed by atoms with van der Waals surface area (Å²) in [5.41, 5.74) is 0. The Labute approximate surface area is 64.0 Å². The fourth-order valence-corrected chi connectivity index (χ4v) is 0.706. The molecule has 0 fully saturated rings. The molecule has 0 aromatic heterocycles. The zero-order valence-electron chi connectivity index (χ0n) is 6.44. The molecule has 0 aromatic carbocycles. The molecule has 0 aromatic rings. The molecule has 1 unspecified atom stereocenters. The third-order valence-corrected chi connectivity index (χ3v) is 1.23. The summed E-state index contributed by atoms with van der Waals surface area (Å²) in [6.07, 6.45) is -4.46. The minimum Gasteiger partial charge on any atom is -0.304 e. The van der Waals surface area contributed by atoms with Crippen molar-refractivity contribution >= 4 is 0 Å². The molecule has 4 heteroatoms. The fraction of sp³-hybridized carbons (Fsp3) is 0.857. The second kappa shape index (κ2) is 3.61. The van der Waals surface area contributed by atoms with E-state index in [9.17, 15) is 13.2 Å². The number of alkyl halides is 3. The van der Waals surface area contributed by atoms with E-state index in [1.54, 1.807) is 13.8 Å². The predicted octanol–water partition coefficient (Wildman–Crippen LogP) is 2.88. The molecule has 1 atom stereocenters. The van der Waals surface area contributed by atoms with Gasteiger partial charge in [-0.1, -0.05) is 13.8 Å². The van der Waals surface area contributed by atoms with Gasteiger partial charge in [0.05, 0.1) is 0 Å². The smallest absolute Gasteiger partial charge is 0.304 e. The monoisotopic (exact) mass is 165 g/mol. The highest BCUT2D eigenvalue weighted by molar-refractivity contribution is 4.86. The highest BCUT2D eigenvalue weighted by atomic mass is 19.4. The van der Waals surface area contributed by atoms with Crippen LogP contribution in [0.4, 0.5) is 13.2 Å². The van der Waals surface area contributed by atoms with E-state index in [2.05, 4.69) is 4.85 Å². The Balaban J connectivity index is 4.11. The minimum absolute atomic E-state index is 0.0873. The summed E-state index contributed by atoms with van der Waals surface area (Å²) in [4.78, 5) is 2.52. The van der Waals surface area contributed by atoms with Crippen LogP contribution in [0.1, 0.15) is 20.3 Å². The maximum atomic E-state index is 11.9. The Morgan fingerprint density at radius 3 is 1.91 bits per heavy atom. The lowest BCUT2D eigenvalue weighted by atomic mass is 10.0. The van der Waals surface area contributed by atoms with Gasteiger partial charge in [-0.25, -0.2) is 6.57 Å². The molecule has 0 N–H and O–H groups in total. The average molecular weight is 165 g/mol. The van der Waals surface area contributed by atoms with Gasteiger partial charge in [-0.3, -0.25) is 0 Å². The van der Waals surface area contributed by atoms with Crippen molar-refractivity contribution in [3.63, 3.8) is 0 Å². The van der Waals surface area contributed by atoms with E-state index in [1.165, 1.54) is 0 Å². The van der Waals surface area contributed by atoms with Gasteiger partial charge in [0, 0.05) is 6.42 Å². The van der Waals surface area contributed by atoms with Crippen LogP contribution in [0.15, 0.2) is 0 Å². The second-order valence-electron chi connectivity index (χ2n) is 2.82. The van der Waals surface area contributed by atoms with Gasteiger partial charge >= 0.3 is 12.2 Å². The maximum Gasteiger partial charge on any atom is 0.465 e. The van der Waals surface area contributed by atoms with Gasteiger partial charge in [-0.05, 0) is 5.92 Å². The molecule has 1 nitrogen and oxygen atoms in total. The number of hydrogen-bond acceptors (Lipinski definition) is 0. The van der Waals surface area contributed by atoms with E-state index in [0.29, 0.717) is 0 Å². The molecule has 0 aliphatic rings. The standard InChI is InChI=1S/C7H10F3N/c1-5(2)4-6(11-3)7(8,9)10/h5-6H,4H2,1-2H3. The van der Waals surface area contributed by atoms with Crippen LogP contribution in [0.2, 0.25) is 0 Å². The van der Waals surface area contributed by atoms with Crippen molar-refractivity contribution in [1.82, 2.24) is 0 Å². The summed E-state index contributed by atoms with van der Waals surface area (Å²) in [6.45, 7) is 9.65. The van der Waals surface area contributed by atoms with Crippen LogP contribution in [0.5, 0.6) is 0 Å². The first-order valence-electron chi connectivity index (χ1n) is 3.31. The van der Waals surface area contributed by atoms with E-state index in [4.69, 9.17) is 6.57 Å². The van der Waals surface area contributed by atoms with Crippen molar-refractivity contribution in [2.45, 2.75) is 32.5 Å². The van der Waals surface area contributed by atoms with Crippen molar-refractivity contribution in [3.8, 4) is 0 Å². The highest BCUT2D eigenvalue weighted by Crippen LogP contribution is 2.27. The minimum atomic E-state index is -4.36. The molecule has 0 amide bonds. The lowest BCUT2D eigenvalue weighted by molar-refractivity contribution is -0.141. The Kier molecular flexibility index (Phi) is 3.37. The summed E-state index contributed by atoms with van der Waals surface area (Å²) in [7, 11) is 0. The van der Waals surface area contributed by atoms with Crippen LogP contribution in [-0.4, -0.2) is 12.2 Å². The van der Waals surface area contributed by atoms with Gasteiger partial charge < -0.3 is 4.85 Å². The third-order valence-electron chi connectivity index (χ3n) is 1.23. The van der Waals surface area contributed by atoms with Crippen molar-refractivity contribution in [2.24, 2.45) is 5.92 Å². The van der Waals surface area contributed by atoms with Crippen molar-refractivity contribution in [2.75, 3.05) is 0 Å². The van der Waals surface area contributed by atoms with Crippen molar-refractivity contribution in [3.05, 3.63) is 11.4 Å². The van der Waals surface area contributed by atoms with Crippen molar-refractivity contribution in [1.29, 1.82) is 0 Å². The number of nitrogens with zero attached hydrogens (tertiary/aromatic N) is 1. The molecule has 0 radical (unpaired) electrons. The zero-order valence-corrected chi connectivity index (χ0v) is 6.44. The lowest BCUT2D eigenvalue weighted by Crippen LogP contribution is -2.26. The number of hydrogen-bond donors (Lipinski definition) is 0. The molecule has 0 aliphatic carbocycles. The Bertz CT molecular complexity index is 154. The third kappa shape index (κ3) is 3.87. The molecule has 0 saturated carbocycles. The van der Waals surface area contributed by atoms with Gasteiger partial charge in [-0.15, -0.1) is 0 Å². The van der Waals surface area contributed by atoms with E-state index in [-0.39, 0.29) is 12.3 Å². The van der Waals surface area contributed by atoms with Gasteiger partial charge in [0.25, 0.3) is 0 Å². The molecule has 11 heavy (non-hydrogen) atoms. The highest BCUT2D eigenvalue weighted by Gasteiger charge is 2.45. The quantitative estimate of drug-likeness (QED) is 0.554. The lowest BCUT2D eigenvalue weighted by Gasteiger charge is -2.10. The first kappa shape index (κ1) is 10.3. The average Bonchev–Trinajstić information content (AvgIpc) is 1.79. The van der Waals surface area contributed by atoms with E-state index < -0.39 is 12.2 Å². The Hall–Kier alpha value is -0.720. The molecule has 0 saturated heterocycles. The Morgan fingerprint density at radius 2 is 1.82 bits per heavy atom. The normalized spacial score (nSPS) is 14.6. The summed E-state index contributed by atoms with van der Waals surface area (Å²) in [5.74, 6) is -0.0873. The number of halogens is 3. The van der Waals surface area contributed by atoms with Crippen LogP contribution in [0, 0.1) is 12.5 Å². The SMILES string of the molecule is [C-]#[N+]C(CC(C)C)C(F)(F)F. The largest absolute Gasteiger partial charge is 0.465 e. The van der Waals surface area contributed by atoms with Crippen LogP contribution >= 0.6 is 0 Å². The summed E-state index contributed by atoms with van der Waals surface area (Å²) in [6, 6.07) is -1.82. The maximum absolute atomic E-state index is 11.9. The van der Waals surface area contributed by atoms with E-state index in [1.807, 2.05) is 0 Å². The molecular weight excluding hydrogens is 155 g/mol. The van der Waals surface area contributed by atoms with Crippen LogP contribution in [0.25, 0.3) is 4.85 Å². The first-order valence-corrected chi connectivity index (χ1v) is 3.31. The van der Waals surface area contributed by atoms with Crippen molar-refractivity contribution < 1.29 is 13.2 Å².